The highest BCUT2D eigenvalue weighted by Crippen LogP contribution is 2.39. The Morgan fingerprint density at radius 3 is 2.70 bits per heavy atom. The van der Waals surface area contributed by atoms with Crippen molar-refractivity contribution in [1.29, 1.82) is 0 Å². The van der Waals surface area contributed by atoms with Crippen LogP contribution < -0.4 is 0 Å². The SMILES string of the molecule is CC(Sc1nnnn1Cc1ccccc1)c1nnnn1C1CC1. The van der Waals surface area contributed by atoms with Gasteiger partial charge in [-0.2, -0.15) is 0 Å². The van der Waals surface area contributed by atoms with E-state index in [2.05, 4.69) is 50.1 Å². The highest BCUT2D eigenvalue weighted by Gasteiger charge is 2.30. The van der Waals surface area contributed by atoms with Crippen molar-refractivity contribution in [3.63, 3.8) is 0 Å². The Hall–Kier alpha value is -2.29. The molecule has 1 aromatic carbocycles. The topological polar surface area (TPSA) is 87.2 Å². The summed E-state index contributed by atoms with van der Waals surface area (Å²) in [6, 6.07) is 10.6. The van der Waals surface area contributed by atoms with Crippen molar-refractivity contribution in [1.82, 2.24) is 40.4 Å². The largest absolute Gasteiger partial charge is 0.225 e. The fourth-order valence-electron chi connectivity index (χ4n) is 2.39. The van der Waals surface area contributed by atoms with Crippen LogP contribution in [0.15, 0.2) is 35.5 Å². The molecule has 8 nitrogen and oxygen atoms in total. The maximum absolute atomic E-state index is 4.17. The van der Waals surface area contributed by atoms with Crippen LogP contribution in [0.2, 0.25) is 0 Å². The van der Waals surface area contributed by atoms with Gasteiger partial charge in [0.25, 0.3) is 0 Å². The summed E-state index contributed by atoms with van der Waals surface area (Å²) in [6.45, 7) is 2.73. The Morgan fingerprint density at radius 1 is 1.13 bits per heavy atom. The zero-order valence-corrected chi connectivity index (χ0v) is 13.5. The van der Waals surface area contributed by atoms with Crippen LogP contribution in [-0.2, 0) is 6.54 Å². The van der Waals surface area contributed by atoms with Crippen molar-refractivity contribution >= 4 is 11.8 Å². The van der Waals surface area contributed by atoms with Crippen LogP contribution in [0.25, 0.3) is 0 Å². The fraction of sp³-hybridized carbons (Fsp3) is 0.429. The number of hydrogen-bond acceptors (Lipinski definition) is 7. The number of nitrogens with zero attached hydrogens (tertiary/aromatic N) is 8. The number of tetrazole rings is 2. The molecule has 1 aliphatic carbocycles. The van der Waals surface area contributed by atoms with Crippen LogP contribution in [0.4, 0.5) is 0 Å². The Balaban J connectivity index is 1.50. The van der Waals surface area contributed by atoms with Gasteiger partial charge < -0.3 is 0 Å². The summed E-state index contributed by atoms with van der Waals surface area (Å²) in [6.07, 6.45) is 2.31. The molecule has 118 valence electrons. The van der Waals surface area contributed by atoms with Gasteiger partial charge in [-0.25, -0.2) is 9.36 Å². The number of aromatic nitrogens is 8. The van der Waals surface area contributed by atoms with E-state index in [1.807, 2.05) is 27.6 Å². The minimum Gasteiger partial charge on any atom is -0.225 e. The molecule has 1 saturated carbocycles. The Morgan fingerprint density at radius 2 is 1.91 bits per heavy atom. The van der Waals surface area contributed by atoms with Crippen LogP contribution in [0.5, 0.6) is 0 Å². The molecule has 1 fully saturated rings. The first-order valence-electron chi connectivity index (χ1n) is 7.56. The second-order valence-corrected chi connectivity index (χ2v) is 6.89. The zero-order valence-electron chi connectivity index (χ0n) is 12.6. The second kappa shape index (κ2) is 6.07. The zero-order chi connectivity index (χ0) is 15.6. The Labute approximate surface area is 137 Å². The molecule has 1 atom stereocenters. The molecule has 0 aliphatic heterocycles. The molecule has 2 heterocycles. The van der Waals surface area contributed by atoms with E-state index in [0.717, 1.165) is 29.4 Å². The van der Waals surface area contributed by atoms with E-state index in [9.17, 15) is 0 Å². The third-order valence-corrected chi connectivity index (χ3v) is 4.80. The average Bonchev–Trinajstić information content (AvgIpc) is 3.13. The molecular weight excluding hydrogens is 312 g/mol. The summed E-state index contributed by atoms with van der Waals surface area (Å²) in [5, 5.41) is 25.0. The highest BCUT2D eigenvalue weighted by atomic mass is 32.2. The normalized spacial score (nSPS) is 15.7. The summed E-state index contributed by atoms with van der Waals surface area (Å²) in [5.41, 5.74) is 1.16. The van der Waals surface area contributed by atoms with Gasteiger partial charge in [-0.15, -0.1) is 10.2 Å². The van der Waals surface area contributed by atoms with Crippen molar-refractivity contribution in [2.45, 2.75) is 42.8 Å². The molecule has 4 rings (SSSR count). The first-order valence-corrected chi connectivity index (χ1v) is 8.44. The molecule has 23 heavy (non-hydrogen) atoms. The van der Waals surface area contributed by atoms with E-state index in [1.54, 1.807) is 11.8 Å². The molecule has 2 aromatic heterocycles. The molecule has 0 N–H and O–H groups in total. The van der Waals surface area contributed by atoms with Gasteiger partial charge in [0.2, 0.25) is 5.16 Å². The summed E-state index contributed by atoms with van der Waals surface area (Å²) >= 11 is 1.58. The van der Waals surface area contributed by atoms with Gasteiger partial charge in [0.15, 0.2) is 5.82 Å². The van der Waals surface area contributed by atoms with E-state index in [0.29, 0.717) is 12.6 Å². The van der Waals surface area contributed by atoms with Crippen molar-refractivity contribution < 1.29 is 0 Å². The first kappa shape index (κ1) is 14.3. The van der Waals surface area contributed by atoms with Crippen LogP contribution in [0, 0.1) is 0 Å². The predicted molar refractivity (Wildman–Crippen MR) is 83.7 cm³/mol. The molecule has 0 spiro atoms. The monoisotopic (exact) mass is 328 g/mol. The molecular formula is C14H16N8S. The van der Waals surface area contributed by atoms with E-state index in [-0.39, 0.29) is 5.25 Å². The second-order valence-electron chi connectivity index (χ2n) is 5.58. The third-order valence-electron chi connectivity index (χ3n) is 3.73. The molecule has 0 bridgehead atoms. The number of thioether (sulfide) groups is 1. The summed E-state index contributed by atoms with van der Waals surface area (Å²) < 4.78 is 3.74. The predicted octanol–water partition coefficient (Wildman–Crippen LogP) is 1.90. The van der Waals surface area contributed by atoms with Crippen molar-refractivity contribution in [3.8, 4) is 0 Å². The number of hydrogen-bond donors (Lipinski definition) is 0. The average molecular weight is 328 g/mol. The van der Waals surface area contributed by atoms with Crippen LogP contribution in [0.3, 0.4) is 0 Å². The lowest BCUT2D eigenvalue weighted by atomic mass is 10.2. The van der Waals surface area contributed by atoms with E-state index >= 15 is 0 Å². The molecule has 1 aliphatic rings. The van der Waals surface area contributed by atoms with Gasteiger partial charge in [0, 0.05) is 0 Å². The van der Waals surface area contributed by atoms with Crippen LogP contribution in [-0.4, -0.2) is 40.4 Å². The number of benzene rings is 1. The standard InChI is InChI=1S/C14H16N8S/c1-10(13-15-17-20-22(13)12-7-8-12)23-14-16-18-19-21(14)9-11-5-3-2-4-6-11/h2-6,10,12H,7-9H2,1H3. The van der Waals surface area contributed by atoms with Crippen LogP contribution in [0.1, 0.15) is 42.4 Å². The fourth-order valence-corrected chi connectivity index (χ4v) is 3.28. The molecule has 0 saturated heterocycles. The minimum atomic E-state index is 0.0890. The van der Waals surface area contributed by atoms with Crippen molar-refractivity contribution in [2.24, 2.45) is 0 Å². The maximum atomic E-state index is 4.17. The Kier molecular flexibility index (Phi) is 3.78. The van der Waals surface area contributed by atoms with Gasteiger partial charge in [-0.3, -0.25) is 0 Å². The molecule has 3 aromatic rings. The molecule has 0 amide bonds. The molecule has 0 radical (unpaired) electrons. The van der Waals surface area contributed by atoms with E-state index < -0.39 is 0 Å². The first-order chi connectivity index (χ1) is 11.3. The lowest BCUT2D eigenvalue weighted by Gasteiger charge is -2.10. The highest BCUT2D eigenvalue weighted by molar-refractivity contribution is 7.99. The smallest absolute Gasteiger partial charge is 0.210 e. The quantitative estimate of drug-likeness (QED) is 0.639. The van der Waals surface area contributed by atoms with Gasteiger partial charge in [0.1, 0.15) is 0 Å². The van der Waals surface area contributed by atoms with Gasteiger partial charge >= 0.3 is 0 Å². The van der Waals surface area contributed by atoms with Crippen LogP contribution >= 0.6 is 11.8 Å². The van der Waals surface area contributed by atoms with Crippen molar-refractivity contribution in [2.75, 3.05) is 0 Å². The summed E-state index contributed by atoms with van der Waals surface area (Å²) in [5.74, 6) is 0.881. The summed E-state index contributed by atoms with van der Waals surface area (Å²) in [4.78, 5) is 0. The molecule has 9 heteroatoms. The molecule has 1 unspecified atom stereocenters. The Bertz CT molecular complexity index is 779. The van der Waals surface area contributed by atoms with Gasteiger partial charge in [-0.1, -0.05) is 42.1 Å². The maximum Gasteiger partial charge on any atom is 0.210 e. The lowest BCUT2D eigenvalue weighted by Crippen LogP contribution is -2.08. The third kappa shape index (κ3) is 3.09. The van der Waals surface area contributed by atoms with Crippen molar-refractivity contribution in [3.05, 3.63) is 41.7 Å². The summed E-state index contributed by atoms with van der Waals surface area (Å²) in [7, 11) is 0. The van der Waals surface area contributed by atoms with E-state index in [1.165, 1.54) is 0 Å². The lowest BCUT2D eigenvalue weighted by molar-refractivity contribution is 0.580. The number of rotatable bonds is 6. The minimum absolute atomic E-state index is 0.0890. The van der Waals surface area contributed by atoms with Gasteiger partial charge in [-0.05, 0) is 46.2 Å². The van der Waals surface area contributed by atoms with E-state index in [4.69, 9.17) is 0 Å². The van der Waals surface area contributed by atoms with Gasteiger partial charge in [0.05, 0.1) is 17.8 Å².